The molecule has 2 aromatic rings. The lowest BCUT2D eigenvalue weighted by Gasteiger charge is -2.23. The van der Waals surface area contributed by atoms with E-state index in [2.05, 4.69) is 48.5 Å². The van der Waals surface area contributed by atoms with Crippen molar-refractivity contribution >= 4 is 0 Å². The van der Waals surface area contributed by atoms with Crippen molar-refractivity contribution in [1.82, 2.24) is 0 Å². The van der Waals surface area contributed by atoms with Crippen LogP contribution in [0.3, 0.4) is 0 Å². The Kier molecular flexibility index (Phi) is 3.19. The van der Waals surface area contributed by atoms with Crippen LogP contribution in [0.4, 0.5) is 0 Å². The summed E-state index contributed by atoms with van der Waals surface area (Å²) in [5.74, 6) is 2.22. The number of ether oxygens (including phenoxy) is 1. The summed E-state index contributed by atoms with van der Waals surface area (Å²) in [5, 5.41) is 0. The molecule has 0 aromatic heterocycles. The van der Waals surface area contributed by atoms with E-state index in [0.717, 1.165) is 25.2 Å². The lowest BCUT2D eigenvalue weighted by Crippen LogP contribution is -2.18. The maximum Gasteiger partial charge on any atom is 0.127 e. The fraction of sp³-hybridized carbons (Fsp3) is 0.368. The quantitative estimate of drug-likeness (QED) is 0.927. The number of fused-ring (bicyclic) bond motifs is 1. The van der Waals surface area contributed by atoms with Crippen LogP contribution in [0.1, 0.15) is 41.5 Å². The highest BCUT2D eigenvalue weighted by molar-refractivity contribution is 5.45. The Morgan fingerprint density at radius 1 is 1.05 bits per heavy atom. The maximum atomic E-state index is 6.57. The van der Waals surface area contributed by atoms with Gasteiger partial charge in [0.05, 0.1) is 6.61 Å². The number of benzene rings is 2. The highest BCUT2D eigenvalue weighted by atomic mass is 16.5. The molecule has 1 saturated carbocycles. The van der Waals surface area contributed by atoms with Gasteiger partial charge in [0.25, 0.3) is 0 Å². The molecule has 2 aliphatic rings. The van der Waals surface area contributed by atoms with Crippen LogP contribution in [0.5, 0.6) is 5.75 Å². The van der Waals surface area contributed by atoms with Gasteiger partial charge in [-0.25, -0.2) is 0 Å². The van der Waals surface area contributed by atoms with E-state index < -0.39 is 0 Å². The minimum Gasteiger partial charge on any atom is -0.493 e. The van der Waals surface area contributed by atoms with Crippen LogP contribution in [-0.4, -0.2) is 6.61 Å². The highest BCUT2D eigenvalue weighted by Crippen LogP contribution is 2.54. The van der Waals surface area contributed by atoms with Gasteiger partial charge in [0.1, 0.15) is 5.75 Å². The van der Waals surface area contributed by atoms with Crippen molar-refractivity contribution in [3.05, 3.63) is 65.2 Å². The fourth-order valence-electron chi connectivity index (χ4n) is 3.60. The van der Waals surface area contributed by atoms with Gasteiger partial charge >= 0.3 is 0 Å². The minimum atomic E-state index is 0.0863. The Hall–Kier alpha value is -1.80. The molecule has 0 radical (unpaired) electrons. The molecule has 1 fully saturated rings. The third kappa shape index (κ3) is 2.34. The van der Waals surface area contributed by atoms with Crippen molar-refractivity contribution in [1.29, 1.82) is 0 Å². The molecule has 1 heterocycles. The lowest BCUT2D eigenvalue weighted by molar-refractivity contribution is 0.282. The van der Waals surface area contributed by atoms with Gasteiger partial charge in [-0.15, -0.1) is 0 Å². The van der Waals surface area contributed by atoms with Crippen molar-refractivity contribution in [2.75, 3.05) is 6.61 Å². The Morgan fingerprint density at radius 2 is 1.90 bits per heavy atom. The second-order valence-electron chi connectivity index (χ2n) is 6.23. The average molecular weight is 279 g/mol. The SMILES string of the molecule is NC(c1cccc2c1OCCC2)C1CC1c1ccccc1. The van der Waals surface area contributed by atoms with Crippen molar-refractivity contribution in [3.63, 3.8) is 0 Å². The van der Waals surface area contributed by atoms with E-state index >= 15 is 0 Å². The van der Waals surface area contributed by atoms with E-state index in [1.165, 1.54) is 23.1 Å². The molecule has 0 saturated heterocycles. The van der Waals surface area contributed by atoms with Crippen molar-refractivity contribution in [2.24, 2.45) is 11.7 Å². The number of rotatable bonds is 3. The normalized spacial score (nSPS) is 24.8. The Morgan fingerprint density at radius 3 is 2.76 bits per heavy atom. The molecular weight excluding hydrogens is 258 g/mol. The Balaban J connectivity index is 1.58. The van der Waals surface area contributed by atoms with E-state index in [1.54, 1.807) is 0 Å². The first-order chi connectivity index (χ1) is 10.3. The lowest BCUT2D eigenvalue weighted by atomic mass is 9.94. The van der Waals surface area contributed by atoms with Crippen LogP contribution >= 0.6 is 0 Å². The van der Waals surface area contributed by atoms with Crippen LogP contribution in [-0.2, 0) is 6.42 Å². The van der Waals surface area contributed by atoms with Crippen molar-refractivity contribution in [2.45, 2.75) is 31.2 Å². The minimum absolute atomic E-state index is 0.0863. The summed E-state index contributed by atoms with van der Waals surface area (Å²) >= 11 is 0. The predicted octanol–water partition coefficient (Wildman–Crippen LogP) is 3.82. The van der Waals surface area contributed by atoms with Gasteiger partial charge in [0.2, 0.25) is 0 Å². The Bertz CT molecular complexity index is 637. The summed E-state index contributed by atoms with van der Waals surface area (Å²) < 4.78 is 5.91. The molecule has 1 aliphatic carbocycles. The smallest absolute Gasteiger partial charge is 0.127 e. The third-order valence-corrected chi connectivity index (χ3v) is 4.85. The van der Waals surface area contributed by atoms with Gasteiger partial charge < -0.3 is 10.5 Å². The summed E-state index contributed by atoms with van der Waals surface area (Å²) in [4.78, 5) is 0. The molecule has 2 aromatic carbocycles. The first kappa shape index (κ1) is 12.9. The third-order valence-electron chi connectivity index (χ3n) is 4.85. The monoisotopic (exact) mass is 279 g/mol. The number of aryl methyl sites for hydroxylation is 1. The largest absolute Gasteiger partial charge is 0.493 e. The van der Waals surface area contributed by atoms with E-state index in [-0.39, 0.29) is 6.04 Å². The molecule has 2 N–H and O–H groups in total. The number of para-hydroxylation sites is 1. The highest BCUT2D eigenvalue weighted by Gasteiger charge is 2.43. The molecule has 2 nitrogen and oxygen atoms in total. The van der Waals surface area contributed by atoms with Crippen LogP contribution in [0.2, 0.25) is 0 Å². The van der Waals surface area contributed by atoms with Gasteiger partial charge in [-0.2, -0.15) is 0 Å². The molecule has 108 valence electrons. The zero-order valence-corrected chi connectivity index (χ0v) is 12.2. The van der Waals surface area contributed by atoms with E-state index in [0.29, 0.717) is 11.8 Å². The summed E-state index contributed by atoms with van der Waals surface area (Å²) in [6.45, 7) is 0.823. The first-order valence-electron chi connectivity index (χ1n) is 7.89. The number of hydrogen-bond acceptors (Lipinski definition) is 2. The van der Waals surface area contributed by atoms with E-state index in [9.17, 15) is 0 Å². The fourth-order valence-corrected chi connectivity index (χ4v) is 3.60. The van der Waals surface area contributed by atoms with Gasteiger partial charge in [-0.3, -0.25) is 0 Å². The summed E-state index contributed by atoms with van der Waals surface area (Å²) in [6.07, 6.45) is 3.42. The maximum absolute atomic E-state index is 6.57. The summed E-state index contributed by atoms with van der Waals surface area (Å²) in [5.41, 5.74) is 10.5. The standard InChI is InChI=1S/C19H21NO/c20-18(17-12-16(17)13-6-2-1-3-7-13)15-10-4-8-14-9-5-11-21-19(14)15/h1-4,6-8,10,16-18H,5,9,11-12,20H2. The molecule has 1 aliphatic heterocycles. The first-order valence-corrected chi connectivity index (χ1v) is 7.89. The molecule has 2 heteroatoms. The average Bonchev–Trinajstić information content (AvgIpc) is 3.35. The second-order valence-corrected chi connectivity index (χ2v) is 6.23. The molecule has 4 rings (SSSR count). The van der Waals surface area contributed by atoms with E-state index in [4.69, 9.17) is 10.5 Å². The molecule has 21 heavy (non-hydrogen) atoms. The van der Waals surface area contributed by atoms with Crippen molar-refractivity contribution < 1.29 is 4.74 Å². The van der Waals surface area contributed by atoms with Crippen LogP contribution < -0.4 is 10.5 Å². The van der Waals surface area contributed by atoms with Gasteiger partial charge in [-0.1, -0.05) is 48.5 Å². The molecule has 0 spiro atoms. The molecule has 3 unspecified atom stereocenters. The van der Waals surface area contributed by atoms with Gasteiger partial charge in [0.15, 0.2) is 0 Å². The zero-order valence-electron chi connectivity index (χ0n) is 12.2. The molecule has 3 atom stereocenters. The molecule has 0 bridgehead atoms. The Labute approximate surface area is 125 Å². The second kappa shape index (κ2) is 5.19. The predicted molar refractivity (Wildman–Crippen MR) is 84.5 cm³/mol. The zero-order chi connectivity index (χ0) is 14.2. The number of nitrogens with two attached hydrogens (primary N) is 1. The number of hydrogen-bond donors (Lipinski definition) is 1. The van der Waals surface area contributed by atoms with E-state index in [1.807, 2.05) is 0 Å². The van der Waals surface area contributed by atoms with Crippen LogP contribution in [0, 0.1) is 5.92 Å². The van der Waals surface area contributed by atoms with Crippen LogP contribution in [0.25, 0.3) is 0 Å². The summed E-state index contributed by atoms with van der Waals surface area (Å²) in [6, 6.07) is 17.3. The summed E-state index contributed by atoms with van der Waals surface area (Å²) in [7, 11) is 0. The van der Waals surface area contributed by atoms with Gasteiger partial charge in [-0.05, 0) is 42.2 Å². The van der Waals surface area contributed by atoms with Crippen LogP contribution in [0.15, 0.2) is 48.5 Å². The topological polar surface area (TPSA) is 35.2 Å². The van der Waals surface area contributed by atoms with Gasteiger partial charge in [0, 0.05) is 11.6 Å². The molecular formula is C19H21NO. The van der Waals surface area contributed by atoms with Crippen molar-refractivity contribution in [3.8, 4) is 5.75 Å². The molecule has 0 amide bonds.